The van der Waals surface area contributed by atoms with E-state index in [-0.39, 0.29) is 5.41 Å². The van der Waals surface area contributed by atoms with E-state index in [1.165, 1.54) is 19.1 Å². The topological polar surface area (TPSA) is 46.2 Å². The first kappa shape index (κ1) is 11.4. The van der Waals surface area contributed by atoms with Gasteiger partial charge in [-0.25, -0.2) is 8.42 Å². The monoisotopic (exact) mass is 231 g/mol. The van der Waals surface area contributed by atoms with Crippen LogP contribution in [0.2, 0.25) is 0 Å². The van der Waals surface area contributed by atoms with Crippen LogP contribution in [-0.2, 0) is 9.84 Å². The van der Waals surface area contributed by atoms with E-state index >= 15 is 0 Å². The van der Waals surface area contributed by atoms with Gasteiger partial charge in [0, 0.05) is 18.8 Å². The fraction of sp³-hybridized carbons (Fsp3) is 1.00. The average molecular weight is 231 g/mol. The third-order valence-corrected chi connectivity index (χ3v) is 5.68. The fourth-order valence-corrected chi connectivity index (χ4v) is 4.48. The molecular weight excluding hydrogens is 210 g/mol. The van der Waals surface area contributed by atoms with Crippen LogP contribution in [0.4, 0.5) is 0 Å². The second-order valence-corrected chi connectivity index (χ2v) is 8.54. The van der Waals surface area contributed by atoms with Gasteiger partial charge in [0.1, 0.15) is 0 Å². The summed E-state index contributed by atoms with van der Waals surface area (Å²) in [6, 6.07) is 0.590. The van der Waals surface area contributed by atoms with Gasteiger partial charge in [0.2, 0.25) is 0 Å². The normalized spacial score (nSPS) is 28.5. The third-order valence-electron chi connectivity index (χ3n) is 3.68. The summed E-state index contributed by atoms with van der Waals surface area (Å²) in [7, 11) is -2.93. The molecule has 0 spiro atoms. The Morgan fingerprint density at radius 1 is 1.27 bits per heavy atom. The predicted molar refractivity (Wildman–Crippen MR) is 61.6 cm³/mol. The predicted octanol–water partition coefficient (Wildman–Crippen LogP) is 1.34. The van der Waals surface area contributed by atoms with Gasteiger partial charge >= 0.3 is 0 Å². The van der Waals surface area contributed by atoms with Crippen LogP contribution in [0.1, 0.15) is 39.5 Å². The van der Waals surface area contributed by atoms with Crippen LogP contribution in [0.25, 0.3) is 0 Å². The van der Waals surface area contributed by atoms with Crippen molar-refractivity contribution in [2.75, 3.05) is 12.8 Å². The van der Waals surface area contributed by atoms with Crippen molar-refractivity contribution in [2.24, 2.45) is 5.41 Å². The molecule has 0 aromatic heterocycles. The van der Waals surface area contributed by atoms with Crippen molar-refractivity contribution >= 4 is 9.84 Å². The number of nitrogens with one attached hydrogen (secondary N) is 1. The first-order valence-corrected chi connectivity index (χ1v) is 7.56. The molecule has 0 heterocycles. The second kappa shape index (κ2) is 3.20. The summed E-state index contributed by atoms with van der Waals surface area (Å²) < 4.78 is 23.2. The van der Waals surface area contributed by atoms with Gasteiger partial charge < -0.3 is 5.32 Å². The molecule has 15 heavy (non-hydrogen) atoms. The molecule has 2 aliphatic carbocycles. The fourth-order valence-electron chi connectivity index (χ4n) is 2.83. The number of rotatable bonds is 4. The Hall–Kier alpha value is -0.0900. The molecule has 3 nitrogen and oxygen atoms in total. The van der Waals surface area contributed by atoms with E-state index < -0.39 is 14.6 Å². The lowest BCUT2D eigenvalue weighted by Crippen LogP contribution is -2.59. The van der Waals surface area contributed by atoms with Crippen molar-refractivity contribution in [1.82, 2.24) is 5.32 Å². The quantitative estimate of drug-likeness (QED) is 0.794. The van der Waals surface area contributed by atoms with Crippen LogP contribution in [0.5, 0.6) is 0 Å². The highest BCUT2D eigenvalue weighted by molar-refractivity contribution is 7.92. The van der Waals surface area contributed by atoms with Crippen molar-refractivity contribution in [1.29, 1.82) is 0 Å². The maximum absolute atomic E-state index is 11.8. The molecule has 2 fully saturated rings. The van der Waals surface area contributed by atoms with E-state index in [9.17, 15) is 8.42 Å². The molecular formula is C11H21NO2S. The molecule has 0 aromatic carbocycles. The summed E-state index contributed by atoms with van der Waals surface area (Å²) in [6.07, 6.45) is 5.42. The van der Waals surface area contributed by atoms with Gasteiger partial charge in [0.25, 0.3) is 0 Å². The Balaban J connectivity index is 2.04. The number of sulfone groups is 1. The summed E-state index contributed by atoms with van der Waals surface area (Å²) in [6.45, 7) is 4.95. The molecule has 2 aliphatic rings. The minimum absolute atomic E-state index is 0.203. The van der Waals surface area contributed by atoms with Gasteiger partial charge in [-0.3, -0.25) is 0 Å². The van der Waals surface area contributed by atoms with Crippen molar-refractivity contribution in [3.8, 4) is 0 Å². The van der Waals surface area contributed by atoms with E-state index in [2.05, 4.69) is 19.2 Å². The maximum Gasteiger partial charge on any atom is 0.154 e. The summed E-state index contributed by atoms with van der Waals surface area (Å²) in [5.74, 6) is 0. The molecule has 4 heteroatoms. The second-order valence-electron chi connectivity index (χ2n) is 6.13. The molecule has 0 aliphatic heterocycles. The minimum atomic E-state index is -2.93. The van der Waals surface area contributed by atoms with Crippen molar-refractivity contribution < 1.29 is 8.42 Å². The van der Waals surface area contributed by atoms with Gasteiger partial charge in [-0.1, -0.05) is 13.8 Å². The minimum Gasteiger partial charge on any atom is -0.312 e. The Bertz CT molecular complexity index is 347. The summed E-state index contributed by atoms with van der Waals surface area (Å²) >= 11 is 0. The van der Waals surface area contributed by atoms with E-state index in [4.69, 9.17) is 0 Å². The van der Waals surface area contributed by atoms with Gasteiger partial charge in [-0.15, -0.1) is 0 Å². The van der Waals surface area contributed by atoms with E-state index in [0.717, 1.165) is 12.8 Å². The molecule has 2 rings (SSSR count). The molecule has 0 atom stereocenters. The zero-order valence-corrected chi connectivity index (χ0v) is 10.7. The highest BCUT2D eigenvalue weighted by Gasteiger charge is 2.55. The lowest BCUT2D eigenvalue weighted by atomic mass is 9.64. The average Bonchev–Trinajstić information content (AvgIpc) is 2.76. The van der Waals surface area contributed by atoms with Gasteiger partial charge in [0.15, 0.2) is 9.84 Å². The molecule has 0 amide bonds. The Morgan fingerprint density at radius 2 is 1.80 bits per heavy atom. The summed E-state index contributed by atoms with van der Waals surface area (Å²) in [5, 5.41) is 3.36. The van der Waals surface area contributed by atoms with Crippen LogP contribution in [-0.4, -0.2) is 32.0 Å². The molecule has 2 saturated carbocycles. The van der Waals surface area contributed by atoms with Crippen LogP contribution >= 0.6 is 0 Å². The molecule has 0 aromatic rings. The summed E-state index contributed by atoms with van der Waals surface area (Å²) in [4.78, 5) is 0. The van der Waals surface area contributed by atoms with Gasteiger partial charge in [-0.2, -0.15) is 0 Å². The van der Waals surface area contributed by atoms with Crippen molar-refractivity contribution in [3.05, 3.63) is 0 Å². The highest BCUT2D eigenvalue weighted by Crippen LogP contribution is 2.52. The zero-order valence-electron chi connectivity index (χ0n) is 9.84. The lowest BCUT2D eigenvalue weighted by Gasteiger charge is -2.52. The van der Waals surface area contributed by atoms with Crippen LogP contribution in [0.3, 0.4) is 0 Å². The molecule has 0 radical (unpaired) electrons. The molecule has 0 bridgehead atoms. The largest absolute Gasteiger partial charge is 0.312 e. The van der Waals surface area contributed by atoms with Gasteiger partial charge in [0.05, 0.1) is 4.75 Å². The van der Waals surface area contributed by atoms with E-state index in [0.29, 0.717) is 12.6 Å². The summed E-state index contributed by atoms with van der Waals surface area (Å²) in [5.41, 5.74) is 0.203. The molecule has 1 N–H and O–H groups in total. The number of hydrogen-bond donors (Lipinski definition) is 1. The van der Waals surface area contributed by atoms with Crippen molar-refractivity contribution in [3.63, 3.8) is 0 Å². The smallest absolute Gasteiger partial charge is 0.154 e. The Labute approximate surface area is 92.6 Å². The van der Waals surface area contributed by atoms with Crippen LogP contribution in [0, 0.1) is 5.41 Å². The third kappa shape index (κ3) is 2.21. The molecule has 0 saturated heterocycles. The SMILES string of the molecule is CC1(C)CC(CNC2CC2)(S(C)(=O)=O)C1. The molecule has 88 valence electrons. The van der Waals surface area contributed by atoms with Gasteiger partial charge in [-0.05, 0) is 31.1 Å². The van der Waals surface area contributed by atoms with E-state index in [1.54, 1.807) is 0 Å². The van der Waals surface area contributed by atoms with Crippen LogP contribution < -0.4 is 5.32 Å². The Morgan fingerprint density at radius 3 is 2.13 bits per heavy atom. The standard InChI is InChI=1S/C11H21NO2S/c1-10(2)6-11(7-10,15(3,13)14)8-12-9-4-5-9/h9,12H,4-8H2,1-3H3. The van der Waals surface area contributed by atoms with Crippen LogP contribution in [0.15, 0.2) is 0 Å². The lowest BCUT2D eigenvalue weighted by molar-refractivity contribution is 0.117. The Kier molecular flexibility index (Phi) is 2.43. The first-order chi connectivity index (χ1) is 6.74. The molecule has 0 unspecified atom stereocenters. The zero-order chi connectivity index (χ0) is 11.3. The van der Waals surface area contributed by atoms with E-state index in [1.807, 2.05) is 0 Å². The first-order valence-electron chi connectivity index (χ1n) is 5.67. The number of hydrogen-bond acceptors (Lipinski definition) is 3. The van der Waals surface area contributed by atoms with Crippen molar-refractivity contribution in [2.45, 2.75) is 50.3 Å². The maximum atomic E-state index is 11.8. The highest BCUT2D eigenvalue weighted by atomic mass is 32.2.